The third-order valence-electron chi connectivity index (χ3n) is 2.26. The van der Waals surface area contributed by atoms with E-state index in [0.29, 0.717) is 6.61 Å². The molecular formula is C13H12BrNO. The van der Waals surface area contributed by atoms with Crippen LogP contribution < -0.4 is 4.74 Å². The molecule has 1 aromatic carbocycles. The molecule has 0 saturated heterocycles. The summed E-state index contributed by atoms with van der Waals surface area (Å²) in [4.78, 5) is 4.06. The van der Waals surface area contributed by atoms with E-state index >= 15 is 0 Å². The first kappa shape index (κ1) is 11.1. The van der Waals surface area contributed by atoms with Gasteiger partial charge in [-0.05, 0) is 25.1 Å². The summed E-state index contributed by atoms with van der Waals surface area (Å²) in [6, 6.07) is 9.92. The number of benzene rings is 1. The largest absolute Gasteiger partial charge is 0.489 e. The molecule has 0 aliphatic rings. The second-order valence-corrected chi connectivity index (χ2v) is 4.42. The normalized spacial score (nSPS) is 10.1. The van der Waals surface area contributed by atoms with Crippen molar-refractivity contribution in [3.05, 3.63) is 58.3 Å². The van der Waals surface area contributed by atoms with Crippen molar-refractivity contribution in [1.82, 2.24) is 4.98 Å². The van der Waals surface area contributed by atoms with Crippen LogP contribution in [0.2, 0.25) is 0 Å². The summed E-state index contributed by atoms with van der Waals surface area (Å²) >= 11 is 3.46. The van der Waals surface area contributed by atoms with Crippen molar-refractivity contribution < 1.29 is 4.74 Å². The molecule has 0 saturated carbocycles. The molecule has 82 valence electrons. The zero-order valence-electron chi connectivity index (χ0n) is 8.98. The van der Waals surface area contributed by atoms with Crippen LogP contribution in [0, 0.1) is 6.92 Å². The summed E-state index contributed by atoms with van der Waals surface area (Å²) < 4.78 is 6.68. The molecule has 0 N–H and O–H groups in total. The monoisotopic (exact) mass is 277 g/mol. The van der Waals surface area contributed by atoms with Gasteiger partial charge in [0.15, 0.2) is 0 Å². The summed E-state index contributed by atoms with van der Waals surface area (Å²) in [5, 5.41) is 0. The summed E-state index contributed by atoms with van der Waals surface area (Å²) in [6.07, 6.45) is 3.55. The van der Waals surface area contributed by atoms with Gasteiger partial charge in [-0.3, -0.25) is 4.98 Å². The number of aromatic nitrogens is 1. The molecule has 0 spiro atoms. The highest BCUT2D eigenvalue weighted by Gasteiger charge is 2.00. The summed E-state index contributed by atoms with van der Waals surface area (Å²) in [7, 11) is 0. The number of pyridine rings is 1. The van der Waals surface area contributed by atoms with Crippen molar-refractivity contribution in [2.45, 2.75) is 13.5 Å². The van der Waals surface area contributed by atoms with Crippen LogP contribution in [0.3, 0.4) is 0 Å². The van der Waals surface area contributed by atoms with Gasteiger partial charge in [0.1, 0.15) is 12.4 Å². The number of ether oxygens (including phenoxy) is 1. The topological polar surface area (TPSA) is 22.1 Å². The van der Waals surface area contributed by atoms with Crippen molar-refractivity contribution in [2.75, 3.05) is 0 Å². The smallest absolute Gasteiger partial charge is 0.119 e. The first-order valence-corrected chi connectivity index (χ1v) is 5.83. The summed E-state index contributed by atoms with van der Waals surface area (Å²) in [5.41, 5.74) is 2.28. The van der Waals surface area contributed by atoms with Crippen molar-refractivity contribution in [3.8, 4) is 5.75 Å². The van der Waals surface area contributed by atoms with Crippen molar-refractivity contribution >= 4 is 15.9 Å². The van der Waals surface area contributed by atoms with Gasteiger partial charge in [0.2, 0.25) is 0 Å². The number of halogens is 1. The Balaban J connectivity index is 2.02. The molecule has 0 bridgehead atoms. The molecule has 0 aliphatic heterocycles. The van der Waals surface area contributed by atoms with Gasteiger partial charge in [0.25, 0.3) is 0 Å². The number of hydrogen-bond acceptors (Lipinski definition) is 2. The highest BCUT2D eigenvalue weighted by Crippen LogP contribution is 2.18. The van der Waals surface area contributed by atoms with Crippen LogP contribution in [0.5, 0.6) is 5.75 Å². The van der Waals surface area contributed by atoms with Gasteiger partial charge in [-0.2, -0.15) is 0 Å². The Morgan fingerprint density at radius 3 is 2.62 bits per heavy atom. The lowest BCUT2D eigenvalue weighted by atomic mass is 10.2. The molecule has 0 unspecified atom stereocenters. The zero-order chi connectivity index (χ0) is 11.4. The van der Waals surface area contributed by atoms with Gasteiger partial charge in [0, 0.05) is 22.4 Å². The van der Waals surface area contributed by atoms with Gasteiger partial charge < -0.3 is 4.74 Å². The summed E-state index contributed by atoms with van der Waals surface area (Å²) in [5.74, 6) is 0.876. The second-order valence-electron chi connectivity index (χ2n) is 3.57. The van der Waals surface area contributed by atoms with Gasteiger partial charge >= 0.3 is 0 Å². The number of aryl methyl sites for hydroxylation is 1. The standard InChI is InChI=1S/C13H12BrNO/c1-10-2-4-12(5-3-10)16-9-11-8-15-7-6-13(11)14/h2-8H,9H2,1H3. The molecule has 0 radical (unpaired) electrons. The molecule has 0 atom stereocenters. The third kappa shape index (κ3) is 2.83. The quantitative estimate of drug-likeness (QED) is 0.853. The predicted molar refractivity (Wildman–Crippen MR) is 67.4 cm³/mol. The lowest BCUT2D eigenvalue weighted by Crippen LogP contribution is -1.96. The van der Waals surface area contributed by atoms with E-state index in [-0.39, 0.29) is 0 Å². The predicted octanol–water partition coefficient (Wildman–Crippen LogP) is 3.73. The van der Waals surface area contributed by atoms with Crippen LogP contribution >= 0.6 is 15.9 Å². The van der Waals surface area contributed by atoms with E-state index in [1.54, 1.807) is 12.4 Å². The first-order chi connectivity index (χ1) is 7.75. The molecule has 0 fully saturated rings. The van der Waals surface area contributed by atoms with Crippen LogP contribution in [0.1, 0.15) is 11.1 Å². The Kier molecular flexibility index (Phi) is 3.57. The Morgan fingerprint density at radius 1 is 1.19 bits per heavy atom. The fourth-order valence-electron chi connectivity index (χ4n) is 1.31. The maximum Gasteiger partial charge on any atom is 0.119 e. The fourth-order valence-corrected chi connectivity index (χ4v) is 1.65. The highest BCUT2D eigenvalue weighted by molar-refractivity contribution is 9.10. The van der Waals surface area contributed by atoms with Crippen LogP contribution in [0.25, 0.3) is 0 Å². The maximum atomic E-state index is 5.66. The Bertz CT molecular complexity index is 468. The first-order valence-electron chi connectivity index (χ1n) is 5.03. The molecule has 2 aromatic rings. The van der Waals surface area contributed by atoms with Gasteiger partial charge in [-0.15, -0.1) is 0 Å². The van der Waals surface area contributed by atoms with E-state index in [1.807, 2.05) is 30.3 Å². The van der Waals surface area contributed by atoms with E-state index in [9.17, 15) is 0 Å². The molecule has 1 aromatic heterocycles. The minimum absolute atomic E-state index is 0.525. The van der Waals surface area contributed by atoms with E-state index in [0.717, 1.165) is 15.8 Å². The van der Waals surface area contributed by atoms with Gasteiger partial charge in [-0.25, -0.2) is 0 Å². The molecule has 0 amide bonds. The minimum Gasteiger partial charge on any atom is -0.489 e. The van der Waals surface area contributed by atoms with Gasteiger partial charge in [-0.1, -0.05) is 33.6 Å². The van der Waals surface area contributed by atoms with E-state index in [2.05, 4.69) is 27.8 Å². The van der Waals surface area contributed by atoms with E-state index < -0.39 is 0 Å². The molecule has 16 heavy (non-hydrogen) atoms. The second kappa shape index (κ2) is 5.12. The van der Waals surface area contributed by atoms with Crippen LogP contribution in [-0.2, 0) is 6.61 Å². The molecule has 2 nitrogen and oxygen atoms in total. The molecule has 3 heteroatoms. The Hall–Kier alpha value is -1.35. The summed E-state index contributed by atoms with van der Waals surface area (Å²) in [6.45, 7) is 2.58. The zero-order valence-corrected chi connectivity index (χ0v) is 10.6. The lowest BCUT2D eigenvalue weighted by molar-refractivity contribution is 0.305. The number of rotatable bonds is 3. The highest BCUT2D eigenvalue weighted by atomic mass is 79.9. The molecule has 1 heterocycles. The average Bonchev–Trinajstić information content (AvgIpc) is 2.30. The lowest BCUT2D eigenvalue weighted by Gasteiger charge is -2.07. The van der Waals surface area contributed by atoms with Gasteiger partial charge in [0.05, 0.1) is 0 Å². The molecule has 0 aliphatic carbocycles. The Labute approximate surface area is 103 Å². The van der Waals surface area contributed by atoms with Crippen LogP contribution in [0.4, 0.5) is 0 Å². The number of hydrogen-bond donors (Lipinski definition) is 0. The molecular weight excluding hydrogens is 266 g/mol. The third-order valence-corrected chi connectivity index (χ3v) is 3.03. The van der Waals surface area contributed by atoms with Crippen molar-refractivity contribution in [2.24, 2.45) is 0 Å². The minimum atomic E-state index is 0.525. The SMILES string of the molecule is Cc1ccc(OCc2cnccc2Br)cc1. The number of nitrogens with zero attached hydrogens (tertiary/aromatic N) is 1. The van der Waals surface area contributed by atoms with Crippen molar-refractivity contribution in [1.29, 1.82) is 0 Å². The molecule has 2 rings (SSSR count). The Morgan fingerprint density at radius 2 is 1.94 bits per heavy atom. The van der Waals surface area contributed by atoms with Crippen molar-refractivity contribution in [3.63, 3.8) is 0 Å². The van der Waals surface area contributed by atoms with E-state index in [1.165, 1.54) is 5.56 Å². The fraction of sp³-hybridized carbons (Fsp3) is 0.154. The maximum absolute atomic E-state index is 5.66. The van der Waals surface area contributed by atoms with Crippen LogP contribution in [0.15, 0.2) is 47.2 Å². The van der Waals surface area contributed by atoms with E-state index in [4.69, 9.17) is 4.74 Å². The van der Waals surface area contributed by atoms with Crippen LogP contribution in [-0.4, -0.2) is 4.98 Å². The average molecular weight is 278 g/mol.